The lowest BCUT2D eigenvalue weighted by molar-refractivity contribution is -0.124. The maximum Gasteiger partial charge on any atom is 0.264 e. The SMILES string of the molecule is O=C(NCCN1CCN(C(=O)c2cccs2)CC1)C1CCCC1. The largest absolute Gasteiger partial charge is 0.355 e. The molecule has 1 saturated heterocycles. The van der Waals surface area contributed by atoms with E-state index in [2.05, 4.69) is 10.2 Å². The van der Waals surface area contributed by atoms with Gasteiger partial charge in [-0.3, -0.25) is 14.5 Å². The van der Waals surface area contributed by atoms with Gasteiger partial charge in [0.2, 0.25) is 5.91 Å². The average molecular weight is 335 g/mol. The van der Waals surface area contributed by atoms with Crippen LogP contribution in [0.5, 0.6) is 0 Å². The molecule has 1 aromatic rings. The number of nitrogens with zero attached hydrogens (tertiary/aromatic N) is 2. The minimum Gasteiger partial charge on any atom is -0.355 e. The lowest BCUT2D eigenvalue weighted by Crippen LogP contribution is -2.50. The van der Waals surface area contributed by atoms with Crippen molar-refractivity contribution in [2.24, 2.45) is 5.92 Å². The van der Waals surface area contributed by atoms with Gasteiger partial charge in [0.15, 0.2) is 0 Å². The third kappa shape index (κ3) is 4.32. The number of rotatable bonds is 5. The van der Waals surface area contributed by atoms with E-state index in [0.717, 1.165) is 50.4 Å². The van der Waals surface area contributed by atoms with E-state index in [9.17, 15) is 9.59 Å². The van der Waals surface area contributed by atoms with Gasteiger partial charge in [0.1, 0.15) is 0 Å². The molecular formula is C17H25N3O2S. The highest BCUT2D eigenvalue weighted by Crippen LogP contribution is 2.24. The number of carbonyl (C=O) groups excluding carboxylic acids is 2. The minimum atomic E-state index is 0.147. The van der Waals surface area contributed by atoms with Crippen molar-refractivity contribution < 1.29 is 9.59 Å². The van der Waals surface area contributed by atoms with E-state index in [1.165, 1.54) is 24.2 Å². The molecule has 2 aliphatic rings. The molecule has 1 aliphatic carbocycles. The van der Waals surface area contributed by atoms with Crippen LogP contribution in [0.15, 0.2) is 17.5 Å². The molecule has 0 spiro atoms. The lowest BCUT2D eigenvalue weighted by atomic mass is 10.1. The molecule has 6 heteroatoms. The molecule has 2 amide bonds. The summed E-state index contributed by atoms with van der Waals surface area (Å²) in [7, 11) is 0. The van der Waals surface area contributed by atoms with Crippen molar-refractivity contribution in [3.63, 3.8) is 0 Å². The first kappa shape index (κ1) is 16.5. The van der Waals surface area contributed by atoms with E-state index in [-0.39, 0.29) is 17.7 Å². The van der Waals surface area contributed by atoms with Crippen LogP contribution in [-0.4, -0.2) is 60.9 Å². The summed E-state index contributed by atoms with van der Waals surface area (Å²) in [4.78, 5) is 29.3. The first-order valence-electron chi connectivity index (χ1n) is 8.57. The Bertz CT molecular complexity index is 518. The minimum absolute atomic E-state index is 0.147. The molecule has 0 atom stereocenters. The number of piperazine rings is 1. The Hall–Kier alpha value is -1.40. The summed E-state index contributed by atoms with van der Waals surface area (Å²) < 4.78 is 0. The molecule has 0 unspecified atom stereocenters. The zero-order valence-electron chi connectivity index (χ0n) is 13.5. The van der Waals surface area contributed by atoms with Crippen molar-refractivity contribution in [2.45, 2.75) is 25.7 Å². The predicted octanol–water partition coefficient (Wildman–Crippen LogP) is 1.81. The Kier molecular flexibility index (Phi) is 5.67. The topological polar surface area (TPSA) is 52.7 Å². The van der Waals surface area contributed by atoms with Crippen LogP contribution in [0.3, 0.4) is 0 Å². The number of amides is 2. The van der Waals surface area contributed by atoms with Crippen LogP contribution < -0.4 is 5.32 Å². The van der Waals surface area contributed by atoms with Gasteiger partial charge in [-0.1, -0.05) is 18.9 Å². The van der Waals surface area contributed by atoms with Gasteiger partial charge in [-0.05, 0) is 24.3 Å². The molecule has 0 bridgehead atoms. The van der Waals surface area contributed by atoms with Crippen LogP contribution in [0.4, 0.5) is 0 Å². The first-order chi connectivity index (χ1) is 11.2. The second-order valence-electron chi connectivity index (χ2n) is 6.38. The molecule has 5 nitrogen and oxygen atoms in total. The molecule has 23 heavy (non-hydrogen) atoms. The maximum atomic E-state index is 12.3. The second kappa shape index (κ2) is 7.93. The molecule has 1 N–H and O–H groups in total. The van der Waals surface area contributed by atoms with Gasteiger partial charge in [-0.25, -0.2) is 0 Å². The third-order valence-corrected chi connectivity index (χ3v) is 5.70. The molecular weight excluding hydrogens is 310 g/mol. The molecule has 2 heterocycles. The zero-order valence-corrected chi connectivity index (χ0v) is 14.3. The zero-order chi connectivity index (χ0) is 16.1. The summed E-state index contributed by atoms with van der Waals surface area (Å²) in [5.41, 5.74) is 0. The fourth-order valence-electron chi connectivity index (χ4n) is 3.40. The van der Waals surface area contributed by atoms with Gasteiger partial charge in [-0.2, -0.15) is 0 Å². The summed E-state index contributed by atoms with van der Waals surface area (Å²) in [5, 5.41) is 5.01. The van der Waals surface area contributed by atoms with Gasteiger partial charge in [0.05, 0.1) is 4.88 Å². The summed E-state index contributed by atoms with van der Waals surface area (Å²) in [6, 6.07) is 3.80. The van der Waals surface area contributed by atoms with Crippen LogP contribution >= 0.6 is 11.3 Å². The smallest absolute Gasteiger partial charge is 0.264 e. The Balaban J connectivity index is 1.34. The highest BCUT2D eigenvalue weighted by molar-refractivity contribution is 7.12. The number of nitrogens with one attached hydrogen (secondary N) is 1. The molecule has 1 saturated carbocycles. The normalized spacial score (nSPS) is 19.9. The van der Waals surface area contributed by atoms with Crippen molar-refractivity contribution in [2.75, 3.05) is 39.3 Å². The van der Waals surface area contributed by atoms with Crippen LogP contribution in [0.25, 0.3) is 0 Å². The summed E-state index contributed by atoms with van der Waals surface area (Å²) in [6.07, 6.45) is 4.49. The predicted molar refractivity (Wildman–Crippen MR) is 91.6 cm³/mol. The van der Waals surface area contributed by atoms with Crippen molar-refractivity contribution >= 4 is 23.2 Å². The summed E-state index contributed by atoms with van der Waals surface area (Å²) in [6.45, 7) is 4.90. The molecule has 2 fully saturated rings. The quantitative estimate of drug-likeness (QED) is 0.893. The Morgan fingerprint density at radius 2 is 1.91 bits per heavy atom. The lowest BCUT2D eigenvalue weighted by Gasteiger charge is -2.34. The molecule has 0 aromatic carbocycles. The highest BCUT2D eigenvalue weighted by atomic mass is 32.1. The molecule has 0 radical (unpaired) electrons. The fraction of sp³-hybridized carbons (Fsp3) is 0.647. The Morgan fingerprint density at radius 3 is 2.57 bits per heavy atom. The molecule has 1 aliphatic heterocycles. The third-order valence-electron chi connectivity index (χ3n) is 4.84. The Labute approximate surface area is 141 Å². The first-order valence-corrected chi connectivity index (χ1v) is 9.45. The maximum absolute atomic E-state index is 12.3. The Morgan fingerprint density at radius 1 is 1.17 bits per heavy atom. The highest BCUT2D eigenvalue weighted by Gasteiger charge is 2.24. The van der Waals surface area contributed by atoms with Crippen LogP contribution in [-0.2, 0) is 4.79 Å². The second-order valence-corrected chi connectivity index (χ2v) is 7.33. The van der Waals surface area contributed by atoms with Crippen LogP contribution in [0.1, 0.15) is 35.4 Å². The van der Waals surface area contributed by atoms with E-state index < -0.39 is 0 Å². The monoisotopic (exact) mass is 335 g/mol. The van der Waals surface area contributed by atoms with E-state index in [0.29, 0.717) is 6.54 Å². The van der Waals surface area contributed by atoms with E-state index in [1.807, 2.05) is 22.4 Å². The van der Waals surface area contributed by atoms with E-state index >= 15 is 0 Å². The summed E-state index contributed by atoms with van der Waals surface area (Å²) in [5.74, 6) is 0.624. The molecule has 1 aromatic heterocycles. The molecule has 3 rings (SSSR count). The number of hydrogen-bond donors (Lipinski definition) is 1. The average Bonchev–Trinajstić information content (AvgIpc) is 3.28. The number of hydrogen-bond acceptors (Lipinski definition) is 4. The van der Waals surface area contributed by atoms with Crippen molar-refractivity contribution in [3.05, 3.63) is 22.4 Å². The fourth-order valence-corrected chi connectivity index (χ4v) is 4.09. The van der Waals surface area contributed by atoms with E-state index in [4.69, 9.17) is 0 Å². The van der Waals surface area contributed by atoms with Crippen molar-refractivity contribution in [3.8, 4) is 0 Å². The standard InChI is InChI=1S/C17H25N3O2S/c21-16(14-4-1-2-5-14)18-7-8-19-9-11-20(12-10-19)17(22)15-6-3-13-23-15/h3,6,13-14H,1-2,4-5,7-12H2,(H,18,21). The molecule has 126 valence electrons. The number of thiophene rings is 1. The van der Waals surface area contributed by atoms with Gasteiger partial charge in [0, 0.05) is 45.2 Å². The van der Waals surface area contributed by atoms with Gasteiger partial charge >= 0.3 is 0 Å². The van der Waals surface area contributed by atoms with Crippen molar-refractivity contribution in [1.82, 2.24) is 15.1 Å². The van der Waals surface area contributed by atoms with Gasteiger partial charge < -0.3 is 10.2 Å². The van der Waals surface area contributed by atoms with Crippen molar-refractivity contribution in [1.29, 1.82) is 0 Å². The van der Waals surface area contributed by atoms with Crippen LogP contribution in [0, 0.1) is 5.92 Å². The van der Waals surface area contributed by atoms with Crippen LogP contribution in [0.2, 0.25) is 0 Å². The van der Waals surface area contributed by atoms with E-state index in [1.54, 1.807) is 0 Å². The number of carbonyl (C=O) groups is 2. The van der Waals surface area contributed by atoms with Gasteiger partial charge in [0.25, 0.3) is 5.91 Å². The van der Waals surface area contributed by atoms with Gasteiger partial charge in [-0.15, -0.1) is 11.3 Å². The summed E-state index contributed by atoms with van der Waals surface area (Å²) >= 11 is 1.50.